The second-order valence-corrected chi connectivity index (χ2v) is 12.3. The molecule has 38 heavy (non-hydrogen) atoms. The number of aromatic nitrogens is 1. The lowest BCUT2D eigenvalue weighted by Gasteiger charge is -2.36. The molecule has 0 saturated carbocycles. The molecule has 9 heteroatoms. The zero-order valence-electron chi connectivity index (χ0n) is 23.4. The second kappa shape index (κ2) is 11.2. The topological polar surface area (TPSA) is 135 Å². The third-order valence-electron chi connectivity index (χ3n) is 8.67. The summed E-state index contributed by atoms with van der Waals surface area (Å²) in [6.07, 6.45) is 3.43. The predicted octanol–water partition coefficient (Wildman–Crippen LogP) is 3.78. The first-order valence-corrected chi connectivity index (χ1v) is 13.8. The molecule has 3 unspecified atom stereocenters. The van der Waals surface area contributed by atoms with Crippen LogP contribution >= 0.6 is 0 Å². The van der Waals surface area contributed by atoms with E-state index in [1.165, 1.54) is 0 Å². The largest absolute Gasteiger partial charge is 0.458 e. The molecule has 4 rings (SSSR count). The first kappa shape index (κ1) is 28.9. The number of hydrogen-bond donors (Lipinski definition) is 2. The summed E-state index contributed by atoms with van der Waals surface area (Å²) < 4.78 is 22.6. The van der Waals surface area contributed by atoms with Crippen LogP contribution < -0.4 is 0 Å². The Morgan fingerprint density at radius 3 is 2.58 bits per heavy atom. The number of carbonyl (C=O) groups is 2. The number of cyclic esters (lactones) is 1. The maximum atomic E-state index is 13.7. The van der Waals surface area contributed by atoms with Crippen LogP contribution in [0.3, 0.4) is 0 Å². The van der Waals surface area contributed by atoms with Gasteiger partial charge in [-0.05, 0) is 50.7 Å². The van der Waals surface area contributed by atoms with E-state index in [0.29, 0.717) is 31.0 Å². The molecule has 3 saturated heterocycles. The van der Waals surface area contributed by atoms with E-state index in [4.69, 9.17) is 18.6 Å². The van der Waals surface area contributed by atoms with Gasteiger partial charge in [-0.3, -0.25) is 9.59 Å². The Labute approximate surface area is 224 Å². The van der Waals surface area contributed by atoms with Crippen LogP contribution in [0.5, 0.6) is 0 Å². The van der Waals surface area contributed by atoms with Crippen molar-refractivity contribution in [3.05, 3.63) is 23.4 Å². The highest BCUT2D eigenvalue weighted by Gasteiger charge is 2.53. The molecule has 9 nitrogen and oxygen atoms in total. The molecule has 0 spiro atoms. The summed E-state index contributed by atoms with van der Waals surface area (Å²) in [7, 11) is 0. The van der Waals surface area contributed by atoms with Gasteiger partial charge in [-0.15, -0.1) is 0 Å². The molecule has 0 radical (unpaired) electrons. The van der Waals surface area contributed by atoms with E-state index in [2.05, 4.69) is 11.9 Å². The number of esters is 1. The van der Waals surface area contributed by atoms with E-state index < -0.39 is 35.6 Å². The minimum atomic E-state index is -1.27. The van der Waals surface area contributed by atoms with Gasteiger partial charge in [-0.1, -0.05) is 27.2 Å². The Balaban J connectivity index is 1.58. The van der Waals surface area contributed by atoms with Gasteiger partial charge in [-0.2, -0.15) is 0 Å². The van der Waals surface area contributed by atoms with Gasteiger partial charge in [0.1, 0.15) is 23.8 Å². The van der Waals surface area contributed by atoms with E-state index in [0.717, 1.165) is 24.8 Å². The second-order valence-electron chi connectivity index (χ2n) is 12.3. The number of aliphatic hydroxyl groups is 2. The van der Waals surface area contributed by atoms with Gasteiger partial charge >= 0.3 is 5.97 Å². The molecule has 0 aromatic carbocycles. The van der Waals surface area contributed by atoms with Crippen molar-refractivity contribution in [2.45, 2.75) is 116 Å². The molecular formula is C29H43NO8. The number of carbonyl (C=O) groups excluding carboxylic acids is 2. The summed E-state index contributed by atoms with van der Waals surface area (Å²) in [6, 6.07) is 0. The Kier molecular flexibility index (Phi) is 8.52. The van der Waals surface area contributed by atoms with E-state index in [9.17, 15) is 19.8 Å². The lowest BCUT2D eigenvalue weighted by molar-refractivity contribution is -0.155. The van der Waals surface area contributed by atoms with E-state index in [1.54, 1.807) is 27.0 Å². The van der Waals surface area contributed by atoms with Gasteiger partial charge in [0.05, 0.1) is 48.5 Å². The molecule has 4 heterocycles. The van der Waals surface area contributed by atoms with Gasteiger partial charge in [-0.25, -0.2) is 4.98 Å². The Bertz CT molecular complexity index is 1040. The Hall–Kier alpha value is -2.07. The van der Waals surface area contributed by atoms with Crippen molar-refractivity contribution in [2.75, 3.05) is 6.61 Å². The lowest BCUT2D eigenvalue weighted by Crippen LogP contribution is -2.47. The maximum absolute atomic E-state index is 13.7. The highest BCUT2D eigenvalue weighted by atomic mass is 16.6. The summed E-state index contributed by atoms with van der Waals surface area (Å²) in [5.41, 5.74) is -0.174. The predicted molar refractivity (Wildman–Crippen MR) is 139 cm³/mol. The number of hydrogen-bond acceptors (Lipinski definition) is 9. The number of ketones is 1. The number of oxazole rings is 1. The third-order valence-corrected chi connectivity index (χ3v) is 8.67. The number of aryl methyl sites for hydroxylation is 1. The Morgan fingerprint density at radius 2 is 1.95 bits per heavy atom. The number of rotatable bonds is 4. The van der Waals surface area contributed by atoms with E-state index >= 15 is 0 Å². The highest BCUT2D eigenvalue weighted by molar-refractivity contribution is 5.88. The standard InChI is InChI=1S/C29H43NO8/c1-16-8-7-9-29(6)24(38-29)12-22(17(2)10-19-14-35-18(3)30-19)37-25(32)13-23(31)28(4,5)27(34)21(26(16)33)11-20-15-36-20/h10,14,16,20-24,26,31,33H,7-9,11-13,15H2,1-6H3/t16-,20?,21+,22-,23-,24?,26+,29?/m0/s1. The average Bonchev–Trinajstić information content (AvgIpc) is 3.74. The van der Waals surface area contributed by atoms with Crippen molar-refractivity contribution < 1.29 is 38.4 Å². The highest BCUT2D eigenvalue weighted by Crippen LogP contribution is 2.45. The summed E-state index contributed by atoms with van der Waals surface area (Å²) in [5.74, 6) is -1.11. The smallest absolute Gasteiger partial charge is 0.309 e. The molecule has 8 atom stereocenters. The summed E-state index contributed by atoms with van der Waals surface area (Å²) in [5, 5.41) is 22.3. The molecule has 3 aliphatic heterocycles. The van der Waals surface area contributed by atoms with E-state index in [1.807, 2.05) is 19.9 Å². The average molecular weight is 534 g/mol. The molecule has 212 valence electrons. The van der Waals surface area contributed by atoms with Crippen molar-refractivity contribution in [3.63, 3.8) is 0 Å². The van der Waals surface area contributed by atoms with Crippen molar-refractivity contribution in [2.24, 2.45) is 17.3 Å². The monoisotopic (exact) mass is 533 g/mol. The minimum absolute atomic E-state index is 0.0575. The van der Waals surface area contributed by atoms with Crippen molar-refractivity contribution >= 4 is 17.8 Å². The third kappa shape index (κ3) is 6.73. The van der Waals surface area contributed by atoms with Crippen molar-refractivity contribution in [3.8, 4) is 0 Å². The molecular weight excluding hydrogens is 490 g/mol. The summed E-state index contributed by atoms with van der Waals surface area (Å²) in [4.78, 5) is 31.1. The number of ether oxygens (including phenoxy) is 3. The number of fused-ring (bicyclic) bond motifs is 1. The number of nitrogens with zero attached hydrogens (tertiary/aromatic N) is 1. The van der Waals surface area contributed by atoms with Crippen molar-refractivity contribution in [1.29, 1.82) is 0 Å². The number of Topliss-reactive ketones (excluding diaryl/α,β-unsaturated/α-hetero) is 1. The normalized spacial score (nSPS) is 38.8. The first-order valence-electron chi connectivity index (χ1n) is 13.8. The van der Waals surface area contributed by atoms with Gasteiger partial charge < -0.3 is 28.8 Å². The van der Waals surface area contributed by atoms with Gasteiger partial charge in [0.2, 0.25) is 0 Å². The zero-order valence-corrected chi connectivity index (χ0v) is 23.4. The van der Waals surface area contributed by atoms with Gasteiger partial charge in [0.25, 0.3) is 0 Å². The molecule has 1 aromatic rings. The van der Waals surface area contributed by atoms with Crippen LogP contribution in [-0.4, -0.2) is 69.7 Å². The number of aliphatic hydroxyl groups excluding tert-OH is 2. The molecule has 0 bridgehead atoms. The van der Waals surface area contributed by atoms with Crippen LogP contribution in [0.4, 0.5) is 0 Å². The van der Waals surface area contributed by atoms with Crippen LogP contribution in [-0.2, 0) is 23.8 Å². The fourth-order valence-electron chi connectivity index (χ4n) is 5.60. The Morgan fingerprint density at radius 1 is 1.24 bits per heavy atom. The van der Waals surface area contributed by atoms with Crippen LogP contribution in [0, 0.1) is 24.2 Å². The quantitative estimate of drug-likeness (QED) is 0.438. The SMILES string of the molecule is CC(=Cc1coc(C)n1)[C@@H]1CC2OC2(C)CCC[C@H](C)[C@@H](O)[C@@H](CC2CO2)C(=O)C(C)(C)[C@@H](O)CC(=O)O1. The minimum Gasteiger partial charge on any atom is -0.458 e. The maximum Gasteiger partial charge on any atom is 0.309 e. The molecule has 1 aromatic heterocycles. The number of epoxide rings is 2. The van der Waals surface area contributed by atoms with Crippen molar-refractivity contribution in [1.82, 2.24) is 4.98 Å². The van der Waals surface area contributed by atoms with Crippen LogP contribution in [0.15, 0.2) is 16.3 Å². The van der Waals surface area contributed by atoms with Gasteiger partial charge in [0, 0.05) is 19.3 Å². The molecule has 0 amide bonds. The molecule has 2 N–H and O–H groups in total. The molecule has 3 aliphatic rings. The molecule has 0 aliphatic carbocycles. The molecule has 3 fully saturated rings. The zero-order chi connectivity index (χ0) is 27.8. The van der Waals surface area contributed by atoms with Crippen LogP contribution in [0.1, 0.15) is 84.7 Å². The van der Waals surface area contributed by atoms with E-state index in [-0.39, 0.29) is 35.9 Å². The summed E-state index contributed by atoms with van der Waals surface area (Å²) >= 11 is 0. The van der Waals surface area contributed by atoms with Crippen LogP contribution in [0.2, 0.25) is 0 Å². The first-order chi connectivity index (χ1) is 17.8. The summed E-state index contributed by atoms with van der Waals surface area (Å²) in [6.45, 7) is 11.5. The lowest BCUT2D eigenvalue weighted by atomic mass is 9.71. The fourth-order valence-corrected chi connectivity index (χ4v) is 5.60. The van der Waals surface area contributed by atoms with Gasteiger partial charge in [0.15, 0.2) is 5.89 Å². The fraction of sp³-hybridized carbons (Fsp3) is 0.759. The van der Waals surface area contributed by atoms with Crippen LogP contribution in [0.25, 0.3) is 6.08 Å².